The monoisotopic (exact) mass is 363 g/mol. The summed E-state index contributed by atoms with van der Waals surface area (Å²) in [4.78, 5) is 14.6. The molecule has 1 aliphatic rings. The van der Waals surface area contributed by atoms with E-state index in [-0.39, 0.29) is 5.63 Å². The predicted molar refractivity (Wildman–Crippen MR) is 107 cm³/mol. The van der Waals surface area contributed by atoms with Gasteiger partial charge in [0.15, 0.2) is 0 Å². The lowest BCUT2D eigenvalue weighted by atomic mass is 10.0. The van der Waals surface area contributed by atoms with E-state index in [0.29, 0.717) is 11.6 Å². The van der Waals surface area contributed by atoms with Crippen molar-refractivity contribution in [2.45, 2.75) is 38.8 Å². The van der Waals surface area contributed by atoms with Crippen LogP contribution in [0.5, 0.6) is 5.75 Å². The van der Waals surface area contributed by atoms with E-state index in [9.17, 15) is 4.79 Å². The summed E-state index contributed by atoms with van der Waals surface area (Å²) in [6, 6.07) is 16.5. The molecule has 4 nitrogen and oxygen atoms in total. The Hall–Kier alpha value is -2.59. The van der Waals surface area contributed by atoms with Crippen molar-refractivity contribution >= 4 is 11.0 Å². The van der Waals surface area contributed by atoms with E-state index in [1.54, 1.807) is 13.2 Å². The van der Waals surface area contributed by atoms with E-state index < -0.39 is 0 Å². The van der Waals surface area contributed by atoms with Crippen LogP contribution < -0.4 is 10.4 Å². The Kier molecular flexibility index (Phi) is 4.99. The number of fused-ring (bicyclic) bond motifs is 1. The number of methoxy groups -OCH3 is 1. The van der Waals surface area contributed by atoms with Crippen LogP contribution >= 0.6 is 0 Å². The summed E-state index contributed by atoms with van der Waals surface area (Å²) in [5, 5.41) is 1.03. The number of hydrogen-bond donors (Lipinski definition) is 0. The van der Waals surface area contributed by atoms with Crippen LogP contribution in [0, 0.1) is 0 Å². The van der Waals surface area contributed by atoms with E-state index >= 15 is 0 Å². The van der Waals surface area contributed by atoms with Gasteiger partial charge in [-0.25, -0.2) is 4.79 Å². The van der Waals surface area contributed by atoms with Crippen LogP contribution in [0.25, 0.3) is 11.0 Å². The van der Waals surface area contributed by atoms with Crippen LogP contribution in [0.2, 0.25) is 0 Å². The van der Waals surface area contributed by atoms with Crippen LogP contribution in [-0.4, -0.2) is 18.6 Å². The molecule has 1 unspecified atom stereocenters. The Morgan fingerprint density at radius 3 is 2.70 bits per heavy atom. The van der Waals surface area contributed by atoms with Gasteiger partial charge in [0.1, 0.15) is 11.3 Å². The summed E-state index contributed by atoms with van der Waals surface area (Å²) in [6.07, 6.45) is 3.22. The fourth-order valence-electron chi connectivity index (χ4n) is 4.06. The number of hydrogen-bond acceptors (Lipinski definition) is 4. The summed E-state index contributed by atoms with van der Waals surface area (Å²) in [5.74, 6) is 0.877. The van der Waals surface area contributed by atoms with Crippen LogP contribution in [0.4, 0.5) is 0 Å². The van der Waals surface area contributed by atoms with Gasteiger partial charge < -0.3 is 9.15 Å². The Bertz CT molecular complexity index is 991. The van der Waals surface area contributed by atoms with Crippen LogP contribution in [-0.2, 0) is 13.0 Å². The quantitative estimate of drug-likeness (QED) is 0.616. The van der Waals surface area contributed by atoms with Gasteiger partial charge in [-0.3, -0.25) is 4.90 Å². The Balaban J connectivity index is 1.65. The van der Waals surface area contributed by atoms with E-state index in [2.05, 4.69) is 36.1 Å². The molecule has 4 heteroatoms. The van der Waals surface area contributed by atoms with E-state index in [1.807, 2.05) is 18.2 Å². The second-order valence-corrected chi connectivity index (χ2v) is 7.18. The molecule has 0 N–H and O–H groups in total. The molecule has 140 valence electrons. The summed E-state index contributed by atoms with van der Waals surface area (Å²) >= 11 is 0. The maximum absolute atomic E-state index is 12.1. The summed E-state index contributed by atoms with van der Waals surface area (Å²) in [5.41, 5.74) is 3.95. The summed E-state index contributed by atoms with van der Waals surface area (Å²) < 4.78 is 10.7. The largest absolute Gasteiger partial charge is 0.497 e. The van der Waals surface area contributed by atoms with Crippen molar-refractivity contribution in [2.75, 3.05) is 13.7 Å². The standard InChI is InChI=1S/C23H25NO3/c1-3-16-6-11-20-18(14-23(25)27-22(20)13-16)15-24-12-4-5-21(24)17-7-9-19(26-2)10-8-17/h6-11,13-14,21H,3-5,12,15H2,1-2H3. The van der Waals surface area contributed by atoms with Crippen molar-refractivity contribution in [3.05, 3.63) is 75.6 Å². The highest BCUT2D eigenvalue weighted by atomic mass is 16.5. The highest BCUT2D eigenvalue weighted by Crippen LogP contribution is 2.34. The molecular weight excluding hydrogens is 338 g/mol. The zero-order valence-corrected chi connectivity index (χ0v) is 15.9. The van der Waals surface area contributed by atoms with Gasteiger partial charge in [-0.1, -0.05) is 31.2 Å². The molecule has 4 rings (SSSR count). The average molecular weight is 363 g/mol. The normalized spacial score (nSPS) is 17.5. The molecule has 1 fully saturated rings. The predicted octanol–water partition coefficient (Wildman–Crippen LogP) is 4.70. The highest BCUT2D eigenvalue weighted by molar-refractivity contribution is 5.80. The van der Waals surface area contributed by atoms with Gasteiger partial charge in [0.2, 0.25) is 0 Å². The molecular formula is C23H25NO3. The Labute approximate surface area is 159 Å². The van der Waals surface area contributed by atoms with E-state index in [0.717, 1.165) is 49.1 Å². The number of ether oxygens (including phenoxy) is 1. The van der Waals surface area contributed by atoms with Crippen molar-refractivity contribution in [3.63, 3.8) is 0 Å². The first-order valence-corrected chi connectivity index (χ1v) is 9.61. The molecule has 0 radical (unpaired) electrons. The zero-order chi connectivity index (χ0) is 18.8. The number of likely N-dealkylation sites (tertiary alicyclic amines) is 1. The molecule has 27 heavy (non-hydrogen) atoms. The van der Waals surface area contributed by atoms with E-state index in [4.69, 9.17) is 9.15 Å². The fourth-order valence-corrected chi connectivity index (χ4v) is 4.06. The molecule has 1 atom stereocenters. The molecule has 0 aliphatic carbocycles. The first kappa shape index (κ1) is 17.8. The maximum Gasteiger partial charge on any atom is 0.336 e. The fraction of sp³-hybridized carbons (Fsp3) is 0.348. The lowest BCUT2D eigenvalue weighted by Gasteiger charge is -2.25. The van der Waals surface area contributed by atoms with Crippen molar-refractivity contribution in [1.82, 2.24) is 4.90 Å². The number of nitrogens with zero attached hydrogens (tertiary/aromatic N) is 1. The SMILES string of the molecule is CCc1ccc2c(CN3CCCC3c3ccc(OC)cc3)cc(=O)oc2c1. The van der Waals surface area contributed by atoms with Gasteiger partial charge in [0, 0.05) is 24.0 Å². The first-order valence-electron chi connectivity index (χ1n) is 9.61. The van der Waals surface area contributed by atoms with E-state index in [1.165, 1.54) is 11.1 Å². The van der Waals surface area contributed by atoms with Gasteiger partial charge in [0.25, 0.3) is 0 Å². The molecule has 0 amide bonds. The molecule has 0 saturated carbocycles. The van der Waals surface area contributed by atoms with Crippen molar-refractivity contribution in [1.29, 1.82) is 0 Å². The van der Waals surface area contributed by atoms with Gasteiger partial charge >= 0.3 is 5.63 Å². The molecule has 1 aromatic heterocycles. The molecule has 2 heterocycles. The lowest BCUT2D eigenvalue weighted by Crippen LogP contribution is -2.23. The van der Waals surface area contributed by atoms with Crippen molar-refractivity contribution in [3.8, 4) is 5.75 Å². The average Bonchev–Trinajstić information content (AvgIpc) is 3.15. The van der Waals surface area contributed by atoms with Crippen LogP contribution in [0.15, 0.2) is 57.7 Å². The minimum Gasteiger partial charge on any atom is -0.497 e. The third kappa shape index (κ3) is 3.62. The van der Waals surface area contributed by atoms with Crippen molar-refractivity contribution in [2.24, 2.45) is 0 Å². The number of aryl methyl sites for hydroxylation is 1. The maximum atomic E-state index is 12.1. The minimum atomic E-state index is -0.272. The smallest absolute Gasteiger partial charge is 0.336 e. The molecule has 1 aliphatic heterocycles. The highest BCUT2D eigenvalue weighted by Gasteiger charge is 2.26. The molecule has 0 bridgehead atoms. The molecule has 3 aromatic rings. The third-order valence-electron chi connectivity index (χ3n) is 5.54. The van der Waals surface area contributed by atoms with Crippen LogP contribution in [0.3, 0.4) is 0 Å². The van der Waals surface area contributed by atoms with Gasteiger partial charge in [0.05, 0.1) is 7.11 Å². The van der Waals surface area contributed by atoms with Crippen LogP contribution in [0.1, 0.15) is 42.5 Å². The molecule has 2 aromatic carbocycles. The summed E-state index contributed by atoms with van der Waals surface area (Å²) in [6.45, 7) is 3.89. The molecule has 0 spiro atoms. The molecule has 1 saturated heterocycles. The Morgan fingerprint density at radius 2 is 1.96 bits per heavy atom. The third-order valence-corrected chi connectivity index (χ3v) is 5.54. The van der Waals surface area contributed by atoms with Crippen molar-refractivity contribution < 1.29 is 9.15 Å². The number of benzene rings is 2. The minimum absolute atomic E-state index is 0.272. The lowest BCUT2D eigenvalue weighted by molar-refractivity contribution is 0.249. The second-order valence-electron chi connectivity index (χ2n) is 7.18. The first-order chi connectivity index (χ1) is 13.2. The van der Waals surface area contributed by atoms with Gasteiger partial charge in [-0.15, -0.1) is 0 Å². The zero-order valence-electron chi connectivity index (χ0n) is 15.9. The van der Waals surface area contributed by atoms with Gasteiger partial charge in [-0.2, -0.15) is 0 Å². The number of rotatable bonds is 5. The summed E-state index contributed by atoms with van der Waals surface area (Å²) in [7, 11) is 1.69. The topological polar surface area (TPSA) is 42.7 Å². The van der Waals surface area contributed by atoms with Gasteiger partial charge in [-0.05, 0) is 60.7 Å². The Morgan fingerprint density at radius 1 is 1.15 bits per heavy atom. The second kappa shape index (κ2) is 7.57.